The van der Waals surface area contributed by atoms with Gasteiger partial charge in [-0.3, -0.25) is 20.2 Å². The van der Waals surface area contributed by atoms with Crippen LogP contribution in [0.15, 0.2) is 53.0 Å². The zero-order valence-electron chi connectivity index (χ0n) is 14.4. The van der Waals surface area contributed by atoms with Crippen LogP contribution in [0.1, 0.15) is 18.5 Å². The van der Waals surface area contributed by atoms with Crippen LogP contribution in [0.25, 0.3) is 0 Å². The molecule has 7 nitrogen and oxygen atoms in total. The molecule has 1 amide bonds. The van der Waals surface area contributed by atoms with Crippen LogP contribution >= 0.6 is 15.9 Å². The number of halogens is 1. The largest absolute Gasteiger partial charge is 0.383 e. The fourth-order valence-corrected chi connectivity index (χ4v) is 2.94. The maximum atomic E-state index is 12.9. The Morgan fingerprint density at radius 3 is 2.54 bits per heavy atom. The Balaban J connectivity index is 2.22. The van der Waals surface area contributed by atoms with Gasteiger partial charge in [-0.15, -0.1) is 0 Å². The number of hydrogen-bond donors (Lipinski definition) is 2. The zero-order valence-corrected chi connectivity index (χ0v) is 16.0. The Bertz CT molecular complexity index is 770. The van der Waals surface area contributed by atoms with Crippen molar-refractivity contribution >= 4 is 33.2 Å². The van der Waals surface area contributed by atoms with E-state index < -0.39 is 11.0 Å². The van der Waals surface area contributed by atoms with E-state index in [9.17, 15) is 14.9 Å². The number of methoxy groups -OCH3 is 1. The third-order valence-corrected chi connectivity index (χ3v) is 4.34. The fourth-order valence-electron chi connectivity index (χ4n) is 2.48. The number of amides is 1. The van der Waals surface area contributed by atoms with Gasteiger partial charge < -0.3 is 10.1 Å². The average molecular weight is 422 g/mol. The van der Waals surface area contributed by atoms with E-state index in [4.69, 9.17) is 4.74 Å². The molecule has 2 aromatic carbocycles. The lowest BCUT2D eigenvalue weighted by Gasteiger charge is -2.23. The maximum absolute atomic E-state index is 12.9. The number of nitro groups is 1. The monoisotopic (exact) mass is 421 g/mol. The van der Waals surface area contributed by atoms with Gasteiger partial charge in [0.05, 0.1) is 17.2 Å². The number of nitrogens with zero attached hydrogens (tertiary/aromatic N) is 1. The van der Waals surface area contributed by atoms with Gasteiger partial charge >= 0.3 is 0 Å². The van der Waals surface area contributed by atoms with Crippen molar-refractivity contribution in [3.05, 3.63) is 68.7 Å². The van der Waals surface area contributed by atoms with Gasteiger partial charge in [0, 0.05) is 29.8 Å². The van der Waals surface area contributed by atoms with Gasteiger partial charge in [0.15, 0.2) is 0 Å². The summed E-state index contributed by atoms with van der Waals surface area (Å²) in [7, 11) is 1.60. The molecule has 0 heterocycles. The van der Waals surface area contributed by atoms with Crippen LogP contribution < -0.4 is 10.6 Å². The topological polar surface area (TPSA) is 93.5 Å². The smallest absolute Gasteiger partial charge is 0.270 e. The Hall–Kier alpha value is -2.29. The second kappa shape index (κ2) is 9.42. The van der Waals surface area contributed by atoms with Crippen LogP contribution in [0.3, 0.4) is 0 Å². The normalized spacial score (nSPS) is 13.0. The molecule has 0 unspecified atom stereocenters. The Morgan fingerprint density at radius 1 is 1.27 bits per heavy atom. The molecular weight excluding hydrogens is 402 g/mol. The molecule has 0 aliphatic rings. The van der Waals surface area contributed by atoms with Gasteiger partial charge in [-0.1, -0.05) is 30.3 Å². The molecule has 8 heteroatoms. The number of anilines is 1. The highest BCUT2D eigenvalue weighted by atomic mass is 79.9. The molecule has 0 bridgehead atoms. The maximum Gasteiger partial charge on any atom is 0.270 e. The number of benzene rings is 2. The van der Waals surface area contributed by atoms with Crippen LogP contribution in [0, 0.1) is 10.1 Å². The van der Waals surface area contributed by atoms with Crippen molar-refractivity contribution in [1.29, 1.82) is 0 Å². The lowest BCUT2D eigenvalue weighted by atomic mass is 10.0. The van der Waals surface area contributed by atoms with Crippen molar-refractivity contribution in [1.82, 2.24) is 5.32 Å². The quantitative estimate of drug-likeness (QED) is 0.500. The van der Waals surface area contributed by atoms with E-state index in [1.807, 2.05) is 37.3 Å². The minimum absolute atomic E-state index is 0.0451. The number of ether oxygens (including phenoxy) is 1. The third kappa shape index (κ3) is 5.35. The Morgan fingerprint density at radius 2 is 1.96 bits per heavy atom. The van der Waals surface area contributed by atoms with Crippen LogP contribution in [-0.4, -0.2) is 30.6 Å². The molecule has 26 heavy (non-hydrogen) atoms. The highest BCUT2D eigenvalue weighted by Crippen LogP contribution is 2.28. The van der Waals surface area contributed by atoms with Gasteiger partial charge in [-0.25, -0.2) is 0 Å². The molecule has 0 radical (unpaired) electrons. The molecule has 2 rings (SSSR count). The Labute approximate surface area is 160 Å². The highest BCUT2D eigenvalue weighted by molar-refractivity contribution is 9.10. The summed E-state index contributed by atoms with van der Waals surface area (Å²) in [4.78, 5) is 23.2. The first-order valence-corrected chi connectivity index (χ1v) is 8.76. The number of hydrogen-bond acceptors (Lipinski definition) is 5. The van der Waals surface area contributed by atoms with Gasteiger partial charge in [0.2, 0.25) is 5.91 Å². The van der Waals surface area contributed by atoms with Gasteiger partial charge in [0.1, 0.15) is 6.04 Å². The van der Waals surface area contributed by atoms with Gasteiger partial charge in [0.25, 0.3) is 5.69 Å². The molecule has 0 aliphatic heterocycles. The van der Waals surface area contributed by atoms with Crippen molar-refractivity contribution in [3.63, 3.8) is 0 Å². The average Bonchev–Trinajstić information content (AvgIpc) is 2.62. The van der Waals surface area contributed by atoms with Crippen LogP contribution in [0.4, 0.5) is 11.4 Å². The molecule has 0 aliphatic carbocycles. The van der Waals surface area contributed by atoms with E-state index in [0.29, 0.717) is 16.8 Å². The lowest BCUT2D eigenvalue weighted by Crippen LogP contribution is -2.40. The minimum atomic E-state index is -0.594. The molecule has 0 saturated heterocycles. The SMILES string of the molecule is COC[C@@H](C)N[C@H](C(=O)Nc1ccc([N+](=O)[O-])cc1Br)c1ccccc1. The van der Waals surface area contributed by atoms with Crippen molar-refractivity contribution in [2.45, 2.75) is 19.0 Å². The lowest BCUT2D eigenvalue weighted by molar-refractivity contribution is -0.384. The summed E-state index contributed by atoms with van der Waals surface area (Å²) in [6.07, 6.45) is 0. The summed E-state index contributed by atoms with van der Waals surface area (Å²) in [6.45, 7) is 2.38. The molecule has 0 saturated carbocycles. The van der Waals surface area contributed by atoms with Crippen LogP contribution in [0.5, 0.6) is 0 Å². The predicted octanol–water partition coefficient (Wildman–Crippen LogP) is 3.66. The third-order valence-electron chi connectivity index (χ3n) is 3.68. The molecule has 0 spiro atoms. The van der Waals surface area contributed by atoms with Crippen LogP contribution in [-0.2, 0) is 9.53 Å². The van der Waals surface area contributed by atoms with Crippen LogP contribution in [0.2, 0.25) is 0 Å². The number of nitro benzene ring substituents is 1. The van der Waals surface area contributed by atoms with E-state index in [1.165, 1.54) is 18.2 Å². The van der Waals surface area contributed by atoms with Crippen molar-refractivity contribution in [2.75, 3.05) is 19.0 Å². The molecule has 0 fully saturated rings. The van der Waals surface area contributed by atoms with Gasteiger partial charge in [-0.2, -0.15) is 0 Å². The summed E-state index contributed by atoms with van der Waals surface area (Å²) in [5.74, 6) is -0.270. The second-order valence-corrected chi connectivity index (χ2v) is 6.63. The summed E-state index contributed by atoms with van der Waals surface area (Å²) >= 11 is 3.27. The van der Waals surface area contributed by atoms with Crippen molar-refractivity contribution in [3.8, 4) is 0 Å². The zero-order chi connectivity index (χ0) is 19.1. The van der Waals surface area contributed by atoms with E-state index in [1.54, 1.807) is 7.11 Å². The number of nitrogens with one attached hydrogen (secondary N) is 2. The number of carbonyl (C=O) groups excluding carboxylic acids is 1. The van der Waals surface area contributed by atoms with Gasteiger partial charge in [-0.05, 0) is 34.5 Å². The first-order valence-electron chi connectivity index (χ1n) is 7.97. The first-order chi connectivity index (χ1) is 12.4. The van der Waals surface area contributed by atoms with E-state index in [2.05, 4.69) is 26.6 Å². The van der Waals surface area contributed by atoms with E-state index in [-0.39, 0.29) is 17.6 Å². The number of carbonyl (C=O) groups is 1. The Kier molecular flexibility index (Phi) is 7.26. The second-order valence-electron chi connectivity index (χ2n) is 5.78. The van der Waals surface area contributed by atoms with E-state index in [0.717, 1.165) is 5.56 Å². The molecule has 2 N–H and O–H groups in total. The predicted molar refractivity (Wildman–Crippen MR) is 103 cm³/mol. The highest BCUT2D eigenvalue weighted by Gasteiger charge is 2.23. The number of rotatable bonds is 8. The first kappa shape index (κ1) is 20.0. The molecule has 2 aromatic rings. The van der Waals surface area contributed by atoms with Crippen molar-refractivity contribution in [2.24, 2.45) is 0 Å². The summed E-state index contributed by atoms with van der Waals surface area (Å²) in [5.41, 5.74) is 1.22. The summed E-state index contributed by atoms with van der Waals surface area (Å²) in [5, 5.41) is 16.9. The summed E-state index contributed by atoms with van der Waals surface area (Å²) < 4.78 is 5.57. The van der Waals surface area contributed by atoms with Crippen molar-refractivity contribution < 1.29 is 14.5 Å². The van der Waals surface area contributed by atoms with E-state index >= 15 is 0 Å². The molecule has 138 valence electrons. The standard InChI is InChI=1S/C18H20BrN3O4/c1-12(11-26-2)20-17(13-6-4-3-5-7-13)18(23)21-16-9-8-14(22(24)25)10-15(16)19/h3-10,12,17,20H,11H2,1-2H3,(H,21,23)/t12-,17+/m1/s1. The molecule has 2 atom stereocenters. The molecular formula is C18H20BrN3O4. The minimum Gasteiger partial charge on any atom is -0.383 e. The number of non-ortho nitro benzene ring substituents is 1. The fraction of sp³-hybridized carbons (Fsp3) is 0.278. The summed E-state index contributed by atoms with van der Waals surface area (Å²) in [6, 6.07) is 12.9. The molecule has 0 aromatic heterocycles.